The van der Waals surface area contributed by atoms with Gasteiger partial charge in [0.2, 0.25) is 0 Å². The second kappa shape index (κ2) is 5.79. The van der Waals surface area contributed by atoms with E-state index in [1.54, 1.807) is 23.9 Å². The van der Waals surface area contributed by atoms with Crippen LogP contribution in [0, 0.1) is 0 Å². The van der Waals surface area contributed by atoms with Crippen molar-refractivity contribution in [2.24, 2.45) is 7.05 Å². The Morgan fingerprint density at radius 2 is 2.13 bits per heavy atom. The molecule has 0 radical (unpaired) electrons. The van der Waals surface area contributed by atoms with Gasteiger partial charge in [0.15, 0.2) is 5.82 Å². The normalized spacial score (nSPS) is 18.5. The molecule has 4 rings (SSSR count). The average Bonchev–Trinajstić information content (AvgIpc) is 2.84. The van der Waals surface area contributed by atoms with Gasteiger partial charge in [-0.25, -0.2) is 0 Å². The third kappa shape index (κ3) is 2.83. The van der Waals surface area contributed by atoms with E-state index in [0.29, 0.717) is 5.69 Å². The molecule has 0 bridgehead atoms. The number of halogens is 1. The summed E-state index contributed by atoms with van der Waals surface area (Å²) in [6, 6.07) is 4.61. The summed E-state index contributed by atoms with van der Waals surface area (Å²) >= 11 is 3.42. The van der Waals surface area contributed by atoms with E-state index < -0.39 is 0 Å². The Labute approximate surface area is 143 Å². The Hall–Kier alpha value is -1.60. The number of aromatic nitrogens is 3. The number of hydrogen-bond acceptors (Lipinski definition) is 4. The van der Waals surface area contributed by atoms with Crippen LogP contribution in [-0.2, 0) is 20.1 Å². The highest BCUT2D eigenvalue weighted by atomic mass is 79.9. The summed E-state index contributed by atoms with van der Waals surface area (Å²) in [5.74, 6) is 0.741. The van der Waals surface area contributed by atoms with E-state index in [1.807, 2.05) is 0 Å². The first kappa shape index (κ1) is 15.0. The van der Waals surface area contributed by atoms with Crippen molar-refractivity contribution < 1.29 is 0 Å². The minimum Gasteiger partial charge on any atom is -0.334 e. The van der Waals surface area contributed by atoms with Gasteiger partial charge >= 0.3 is 0 Å². The number of nitrogens with zero attached hydrogens (tertiary/aromatic N) is 4. The minimum absolute atomic E-state index is 0.0599. The maximum atomic E-state index is 12.2. The van der Waals surface area contributed by atoms with Gasteiger partial charge in [-0.15, -0.1) is 0 Å². The lowest BCUT2D eigenvalue weighted by atomic mass is 9.91. The Bertz CT molecular complexity index is 792. The van der Waals surface area contributed by atoms with E-state index in [4.69, 9.17) is 0 Å². The summed E-state index contributed by atoms with van der Waals surface area (Å²) in [6.07, 6.45) is 5.77. The predicted octanol–water partition coefficient (Wildman–Crippen LogP) is 2.46. The SMILES string of the molecule is Cn1cc(Br)cc(Nc2cc3n(n2)CCN(C2CCC2)C3)c1=O. The van der Waals surface area contributed by atoms with Crippen LogP contribution in [0.2, 0.25) is 0 Å². The molecule has 0 aromatic carbocycles. The molecular weight excluding hydrogens is 358 g/mol. The molecule has 0 amide bonds. The molecule has 1 saturated carbocycles. The van der Waals surface area contributed by atoms with E-state index in [0.717, 1.165) is 36.0 Å². The second-order valence-corrected chi connectivity index (χ2v) is 7.33. The standard InChI is InChI=1S/C16H20BrN5O/c1-20-9-11(17)7-14(16(20)23)18-15-8-13-10-21(12-3-2-4-12)5-6-22(13)19-15/h7-9,12H,2-6,10H2,1H3,(H,18,19). The average molecular weight is 378 g/mol. The van der Waals surface area contributed by atoms with Crippen molar-refractivity contribution in [2.45, 2.75) is 38.4 Å². The monoisotopic (exact) mass is 377 g/mol. The molecular formula is C16H20BrN5O. The topological polar surface area (TPSA) is 55.1 Å². The zero-order valence-corrected chi connectivity index (χ0v) is 14.7. The lowest BCUT2D eigenvalue weighted by Gasteiger charge is -2.39. The van der Waals surface area contributed by atoms with Gasteiger partial charge in [-0.1, -0.05) is 6.42 Å². The molecule has 0 spiro atoms. The van der Waals surface area contributed by atoms with Crippen molar-refractivity contribution in [1.82, 2.24) is 19.2 Å². The van der Waals surface area contributed by atoms with E-state index in [2.05, 4.69) is 42.0 Å². The highest BCUT2D eigenvalue weighted by molar-refractivity contribution is 9.10. The molecule has 1 fully saturated rings. The molecule has 2 aromatic rings. The van der Waals surface area contributed by atoms with Gasteiger partial charge in [0, 0.05) is 42.9 Å². The van der Waals surface area contributed by atoms with Gasteiger partial charge in [0.1, 0.15) is 5.69 Å². The minimum atomic E-state index is -0.0599. The van der Waals surface area contributed by atoms with Crippen molar-refractivity contribution in [2.75, 3.05) is 11.9 Å². The van der Waals surface area contributed by atoms with Gasteiger partial charge in [0.25, 0.3) is 5.56 Å². The fraction of sp³-hybridized carbons (Fsp3) is 0.500. The van der Waals surface area contributed by atoms with Crippen molar-refractivity contribution in [3.8, 4) is 0 Å². The van der Waals surface area contributed by atoms with Crippen LogP contribution in [0.5, 0.6) is 0 Å². The molecule has 7 heteroatoms. The van der Waals surface area contributed by atoms with E-state index in [-0.39, 0.29) is 5.56 Å². The van der Waals surface area contributed by atoms with Crippen molar-refractivity contribution >= 4 is 27.4 Å². The van der Waals surface area contributed by atoms with E-state index >= 15 is 0 Å². The van der Waals surface area contributed by atoms with Crippen LogP contribution in [0.1, 0.15) is 25.0 Å². The Morgan fingerprint density at radius 3 is 2.87 bits per heavy atom. The summed E-state index contributed by atoms with van der Waals surface area (Å²) in [5.41, 5.74) is 1.70. The molecule has 2 aromatic heterocycles. The maximum Gasteiger partial charge on any atom is 0.274 e. The van der Waals surface area contributed by atoms with Gasteiger partial charge < -0.3 is 9.88 Å². The highest BCUT2D eigenvalue weighted by Gasteiger charge is 2.28. The predicted molar refractivity (Wildman–Crippen MR) is 92.9 cm³/mol. The number of anilines is 2. The third-order valence-corrected chi connectivity index (χ3v) is 5.26. The summed E-state index contributed by atoms with van der Waals surface area (Å²) < 4.78 is 4.47. The number of nitrogens with one attached hydrogen (secondary N) is 1. The lowest BCUT2D eigenvalue weighted by molar-refractivity contribution is 0.0946. The quantitative estimate of drug-likeness (QED) is 0.892. The number of rotatable bonds is 3. The molecule has 23 heavy (non-hydrogen) atoms. The second-order valence-electron chi connectivity index (χ2n) is 6.41. The third-order valence-electron chi connectivity index (χ3n) is 4.83. The first-order valence-electron chi connectivity index (χ1n) is 8.04. The fourth-order valence-electron chi connectivity index (χ4n) is 3.31. The molecule has 0 saturated heterocycles. The highest BCUT2D eigenvalue weighted by Crippen LogP contribution is 2.29. The number of pyridine rings is 1. The van der Waals surface area contributed by atoms with Crippen LogP contribution in [-0.4, -0.2) is 31.8 Å². The van der Waals surface area contributed by atoms with Crippen LogP contribution < -0.4 is 10.9 Å². The van der Waals surface area contributed by atoms with Crippen LogP contribution in [0.25, 0.3) is 0 Å². The maximum absolute atomic E-state index is 12.2. The zero-order valence-electron chi connectivity index (χ0n) is 13.1. The molecule has 122 valence electrons. The van der Waals surface area contributed by atoms with Crippen LogP contribution in [0.15, 0.2) is 27.6 Å². The van der Waals surface area contributed by atoms with Crippen LogP contribution in [0.4, 0.5) is 11.5 Å². The summed E-state index contributed by atoms with van der Waals surface area (Å²) in [5, 5.41) is 7.77. The van der Waals surface area contributed by atoms with E-state index in [1.165, 1.54) is 25.0 Å². The van der Waals surface area contributed by atoms with E-state index in [9.17, 15) is 4.79 Å². The molecule has 1 aliphatic carbocycles. The molecule has 2 aliphatic rings. The first-order chi connectivity index (χ1) is 11.1. The number of hydrogen-bond donors (Lipinski definition) is 1. The number of fused-ring (bicyclic) bond motifs is 1. The van der Waals surface area contributed by atoms with Crippen molar-refractivity contribution in [3.63, 3.8) is 0 Å². The lowest BCUT2D eigenvalue weighted by Crippen LogP contribution is -2.44. The Morgan fingerprint density at radius 1 is 1.30 bits per heavy atom. The smallest absolute Gasteiger partial charge is 0.274 e. The molecule has 0 unspecified atom stereocenters. The van der Waals surface area contributed by atoms with Crippen LogP contribution >= 0.6 is 15.9 Å². The largest absolute Gasteiger partial charge is 0.334 e. The molecule has 6 nitrogen and oxygen atoms in total. The molecule has 3 heterocycles. The molecule has 1 aliphatic heterocycles. The molecule has 1 N–H and O–H groups in total. The summed E-state index contributed by atoms with van der Waals surface area (Å²) in [7, 11) is 1.74. The van der Waals surface area contributed by atoms with Gasteiger partial charge in [-0.05, 0) is 34.8 Å². The van der Waals surface area contributed by atoms with Gasteiger partial charge in [-0.3, -0.25) is 14.4 Å². The first-order valence-corrected chi connectivity index (χ1v) is 8.83. The van der Waals surface area contributed by atoms with Gasteiger partial charge in [-0.2, -0.15) is 5.10 Å². The van der Waals surface area contributed by atoms with Crippen molar-refractivity contribution in [1.29, 1.82) is 0 Å². The zero-order chi connectivity index (χ0) is 16.0. The Kier molecular flexibility index (Phi) is 3.77. The van der Waals surface area contributed by atoms with Crippen LogP contribution in [0.3, 0.4) is 0 Å². The Balaban J connectivity index is 1.56. The number of aryl methyl sites for hydroxylation is 1. The van der Waals surface area contributed by atoms with Crippen molar-refractivity contribution in [3.05, 3.63) is 38.9 Å². The summed E-state index contributed by atoms with van der Waals surface area (Å²) in [6.45, 7) is 2.94. The van der Waals surface area contributed by atoms with Gasteiger partial charge in [0.05, 0.1) is 12.2 Å². The molecule has 0 atom stereocenters. The summed E-state index contributed by atoms with van der Waals surface area (Å²) in [4.78, 5) is 14.8. The fourth-order valence-corrected chi connectivity index (χ4v) is 3.85.